The Morgan fingerprint density at radius 2 is 2.00 bits per heavy atom. The molecule has 0 aliphatic carbocycles. The number of hydrogen-bond acceptors (Lipinski definition) is 2. The SMILES string of the molecule is CCCC(=O)Nc1ccc(N2CCCCC2CC)cc1. The van der Waals surface area contributed by atoms with Crippen molar-refractivity contribution in [3.8, 4) is 0 Å². The van der Waals surface area contributed by atoms with Gasteiger partial charge in [-0.3, -0.25) is 4.79 Å². The third-order valence-corrected chi connectivity index (χ3v) is 4.06. The molecular formula is C17H26N2O. The molecule has 3 nitrogen and oxygen atoms in total. The van der Waals surface area contributed by atoms with Gasteiger partial charge in [-0.05, 0) is 56.4 Å². The van der Waals surface area contributed by atoms with E-state index in [-0.39, 0.29) is 5.91 Å². The highest BCUT2D eigenvalue weighted by atomic mass is 16.1. The van der Waals surface area contributed by atoms with E-state index in [1.54, 1.807) is 0 Å². The van der Waals surface area contributed by atoms with Gasteiger partial charge < -0.3 is 10.2 Å². The Bertz CT molecular complexity index is 427. The summed E-state index contributed by atoms with van der Waals surface area (Å²) in [7, 11) is 0. The highest BCUT2D eigenvalue weighted by molar-refractivity contribution is 5.90. The van der Waals surface area contributed by atoms with E-state index in [1.807, 2.05) is 19.1 Å². The number of rotatable bonds is 5. The molecule has 2 rings (SSSR count). The van der Waals surface area contributed by atoms with Crippen LogP contribution in [0.25, 0.3) is 0 Å². The van der Waals surface area contributed by atoms with Crippen molar-refractivity contribution in [2.24, 2.45) is 0 Å². The molecule has 3 heteroatoms. The Balaban J connectivity index is 2.01. The molecule has 1 N–H and O–H groups in total. The van der Waals surface area contributed by atoms with E-state index in [0.29, 0.717) is 12.5 Å². The summed E-state index contributed by atoms with van der Waals surface area (Å²) in [5.41, 5.74) is 2.18. The zero-order chi connectivity index (χ0) is 14.4. The Morgan fingerprint density at radius 3 is 2.65 bits per heavy atom. The van der Waals surface area contributed by atoms with E-state index >= 15 is 0 Å². The lowest BCUT2D eigenvalue weighted by molar-refractivity contribution is -0.116. The van der Waals surface area contributed by atoms with Gasteiger partial charge in [-0.25, -0.2) is 0 Å². The molecule has 1 aromatic carbocycles. The lowest BCUT2D eigenvalue weighted by Crippen LogP contribution is -2.39. The largest absolute Gasteiger partial charge is 0.369 e. The first kappa shape index (κ1) is 14.9. The molecule has 0 saturated carbocycles. The molecule has 0 spiro atoms. The normalized spacial score (nSPS) is 18.9. The van der Waals surface area contributed by atoms with Gasteiger partial charge in [0.2, 0.25) is 5.91 Å². The molecule has 20 heavy (non-hydrogen) atoms. The smallest absolute Gasteiger partial charge is 0.224 e. The van der Waals surface area contributed by atoms with Gasteiger partial charge in [-0.15, -0.1) is 0 Å². The van der Waals surface area contributed by atoms with Crippen LogP contribution in [0.5, 0.6) is 0 Å². The summed E-state index contributed by atoms with van der Waals surface area (Å²) in [6, 6.07) is 8.98. The van der Waals surface area contributed by atoms with Crippen LogP contribution in [0.2, 0.25) is 0 Å². The quantitative estimate of drug-likeness (QED) is 0.873. The Hall–Kier alpha value is -1.51. The fraction of sp³-hybridized carbons (Fsp3) is 0.588. The number of carbonyl (C=O) groups excluding carboxylic acids is 1. The zero-order valence-electron chi connectivity index (χ0n) is 12.7. The van der Waals surface area contributed by atoms with Crippen LogP contribution < -0.4 is 10.2 Å². The number of nitrogens with one attached hydrogen (secondary N) is 1. The average molecular weight is 274 g/mol. The van der Waals surface area contributed by atoms with Crippen LogP contribution in [0.15, 0.2) is 24.3 Å². The van der Waals surface area contributed by atoms with E-state index in [0.717, 1.165) is 18.7 Å². The minimum atomic E-state index is 0.102. The molecule has 0 radical (unpaired) electrons. The van der Waals surface area contributed by atoms with Gasteiger partial charge in [0.1, 0.15) is 0 Å². The van der Waals surface area contributed by atoms with Crippen LogP contribution in [0, 0.1) is 0 Å². The van der Waals surface area contributed by atoms with Crippen LogP contribution in [0.4, 0.5) is 11.4 Å². The van der Waals surface area contributed by atoms with E-state index in [2.05, 4.69) is 29.3 Å². The molecule has 1 saturated heterocycles. The van der Waals surface area contributed by atoms with Crippen molar-refractivity contribution in [1.29, 1.82) is 0 Å². The Kier molecular flexibility index (Phi) is 5.45. The second kappa shape index (κ2) is 7.32. The lowest BCUT2D eigenvalue weighted by atomic mass is 9.99. The topological polar surface area (TPSA) is 32.3 Å². The second-order valence-electron chi connectivity index (χ2n) is 5.60. The monoisotopic (exact) mass is 274 g/mol. The van der Waals surface area contributed by atoms with Crippen molar-refractivity contribution < 1.29 is 4.79 Å². The fourth-order valence-electron chi connectivity index (χ4n) is 2.95. The number of amides is 1. The van der Waals surface area contributed by atoms with Crippen molar-refractivity contribution in [3.63, 3.8) is 0 Å². The first-order valence-corrected chi connectivity index (χ1v) is 7.91. The molecule has 0 aromatic heterocycles. The number of piperidine rings is 1. The van der Waals surface area contributed by atoms with Crippen molar-refractivity contribution in [1.82, 2.24) is 0 Å². The van der Waals surface area contributed by atoms with Crippen LogP contribution >= 0.6 is 0 Å². The average Bonchev–Trinajstić information content (AvgIpc) is 2.48. The number of nitrogens with zero attached hydrogens (tertiary/aromatic N) is 1. The standard InChI is InChI=1S/C17H26N2O/c1-3-7-17(20)18-14-9-11-16(12-10-14)19-13-6-5-8-15(19)4-2/h9-12,15H,3-8,13H2,1-2H3,(H,18,20). The van der Waals surface area contributed by atoms with Crippen LogP contribution in [-0.4, -0.2) is 18.5 Å². The van der Waals surface area contributed by atoms with Crippen molar-refractivity contribution in [2.45, 2.75) is 58.4 Å². The summed E-state index contributed by atoms with van der Waals surface area (Å²) >= 11 is 0. The van der Waals surface area contributed by atoms with Gasteiger partial charge in [0.15, 0.2) is 0 Å². The van der Waals surface area contributed by atoms with E-state index in [9.17, 15) is 4.79 Å². The molecule has 1 fully saturated rings. The van der Waals surface area contributed by atoms with Gasteiger partial charge in [0.25, 0.3) is 0 Å². The summed E-state index contributed by atoms with van der Waals surface area (Å²) in [5.74, 6) is 0.102. The molecule has 1 heterocycles. The van der Waals surface area contributed by atoms with Crippen LogP contribution in [0.1, 0.15) is 52.4 Å². The first-order valence-electron chi connectivity index (χ1n) is 7.91. The summed E-state index contributed by atoms with van der Waals surface area (Å²) in [6.45, 7) is 5.44. The molecule has 0 bridgehead atoms. The van der Waals surface area contributed by atoms with Crippen molar-refractivity contribution in [3.05, 3.63) is 24.3 Å². The maximum atomic E-state index is 11.6. The lowest BCUT2D eigenvalue weighted by Gasteiger charge is -2.37. The Morgan fingerprint density at radius 1 is 1.25 bits per heavy atom. The molecule has 1 aliphatic rings. The van der Waals surface area contributed by atoms with Gasteiger partial charge >= 0.3 is 0 Å². The van der Waals surface area contributed by atoms with E-state index < -0.39 is 0 Å². The predicted molar refractivity (Wildman–Crippen MR) is 85.3 cm³/mol. The summed E-state index contributed by atoms with van der Waals surface area (Å²) in [4.78, 5) is 14.1. The third kappa shape index (κ3) is 3.75. The molecule has 1 aromatic rings. The zero-order valence-corrected chi connectivity index (χ0v) is 12.7. The fourth-order valence-corrected chi connectivity index (χ4v) is 2.95. The van der Waals surface area contributed by atoms with Crippen LogP contribution in [-0.2, 0) is 4.79 Å². The van der Waals surface area contributed by atoms with Gasteiger partial charge in [0, 0.05) is 30.4 Å². The number of benzene rings is 1. The third-order valence-electron chi connectivity index (χ3n) is 4.06. The number of anilines is 2. The van der Waals surface area contributed by atoms with Crippen LogP contribution in [0.3, 0.4) is 0 Å². The minimum Gasteiger partial charge on any atom is -0.369 e. The van der Waals surface area contributed by atoms with E-state index in [1.165, 1.54) is 31.4 Å². The van der Waals surface area contributed by atoms with Gasteiger partial charge in [-0.2, -0.15) is 0 Å². The molecular weight excluding hydrogens is 248 g/mol. The molecule has 1 amide bonds. The predicted octanol–water partition coefficient (Wildman–Crippen LogP) is 4.19. The minimum absolute atomic E-state index is 0.102. The Labute approximate surface area is 122 Å². The summed E-state index contributed by atoms with van der Waals surface area (Å²) in [5, 5.41) is 2.94. The molecule has 1 unspecified atom stereocenters. The molecule has 110 valence electrons. The second-order valence-corrected chi connectivity index (χ2v) is 5.60. The number of hydrogen-bond donors (Lipinski definition) is 1. The molecule has 1 aliphatic heterocycles. The van der Waals surface area contributed by atoms with Gasteiger partial charge in [-0.1, -0.05) is 13.8 Å². The van der Waals surface area contributed by atoms with Crippen molar-refractivity contribution in [2.75, 3.05) is 16.8 Å². The summed E-state index contributed by atoms with van der Waals surface area (Å²) < 4.78 is 0. The molecule has 1 atom stereocenters. The first-order chi connectivity index (χ1) is 9.74. The number of carbonyl (C=O) groups is 1. The highest BCUT2D eigenvalue weighted by Crippen LogP contribution is 2.27. The highest BCUT2D eigenvalue weighted by Gasteiger charge is 2.20. The summed E-state index contributed by atoms with van der Waals surface area (Å²) in [6.07, 6.45) is 6.60. The maximum absolute atomic E-state index is 11.6. The van der Waals surface area contributed by atoms with Crippen molar-refractivity contribution >= 4 is 17.3 Å². The maximum Gasteiger partial charge on any atom is 0.224 e. The van der Waals surface area contributed by atoms with E-state index in [4.69, 9.17) is 0 Å². The van der Waals surface area contributed by atoms with Gasteiger partial charge in [0.05, 0.1) is 0 Å².